The van der Waals surface area contributed by atoms with Crippen LogP contribution in [0.5, 0.6) is 0 Å². The highest BCUT2D eigenvalue weighted by Gasteiger charge is 2.38. The van der Waals surface area contributed by atoms with Crippen LogP contribution in [0.25, 0.3) is 16.8 Å². The molecule has 2 saturated heterocycles. The van der Waals surface area contributed by atoms with Gasteiger partial charge in [0.15, 0.2) is 5.78 Å². The molecule has 6 rings (SSSR count). The van der Waals surface area contributed by atoms with Crippen LogP contribution < -0.4 is 0 Å². The van der Waals surface area contributed by atoms with Crippen molar-refractivity contribution in [1.82, 2.24) is 14.8 Å². The van der Waals surface area contributed by atoms with Crippen molar-refractivity contribution in [2.45, 2.75) is 64.0 Å². The summed E-state index contributed by atoms with van der Waals surface area (Å²) in [6, 6.07) is 10.6. The number of halogens is 1. The first-order chi connectivity index (χ1) is 18.5. The maximum absolute atomic E-state index is 13.9. The summed E-state index contributed by atoms with van der Waals surface area (Å²) in [5.41, 5.74) is 6.02. The van der Waals surface area contributed by atoms with Crippen molar-refractivity contribution in [3.05, 3.63) is 95.2 Å². The van der Waals surface area contributed by atoms with Gasteiger partial charge in [-0.25, -0.2) is 4.39 Å². The van der Waals surface area contributed by atoms with Crippen molar-refractivity contribution < 1.29 is 9.18 Å². The third kappa shape index (κ3) is 4.80. The maximum atomic E-state index is 13.9. The Morgan fingerprint density at radius 3 is 2.74 bits per heavy atom. The molecular weight excluding hydrogens is 473 g/mol. The Kier molecular flexibility index (Phi) is 6.87. The number of fused-ring (bicyclic) bond motifs is 3. The standard InChI is InChI=1S/C33H36FN3O/c1-22-18-25(10-13-30(22)34)33-28(7-4-15-35-33)24-14-17-37-16-5-8-29(31(37)21-24)32(38)9-3-6-23-19-26-11-12-27(20-23)36(26)2/h4-5,7-8,10,13-15,17-18,21,23,26-27H,3,6,9,11-12,16,19-20H2,1-2H3. The predicted molar refractivity (Wildman–Crippen MR) is 151 cm³/mol. The molecule has 0 spiro atoms. The van der Waals surface area contributed by atoms with Crippen LogP contribution >= 0.6 is 0 Å². The minimum absolute atomic E-state index is 0.218. The molecule has 5 heterocycles. The summed E-state index contributed by atoms with van der Waals surface area (Å²) in [7, 11) is 2.28. The highest BCUT2D eigenvalue weighted by Crippen LogP contribution is 2.39. The molecule has 2 atom stereocenters. The number of aromatic nitrogens is 1. The molecule has 4 nitrogen and oxygen atoms in total. The van der Waals surface area contributed by atoms with Gasteiger partial charge < -0.3 is 9.80 Å². The zero-order valence-electron chi connectivity index (χ0n) is 22.4. The Morgan fingerprint density at radius 1 is 1.13 bits per heavy atom. The lowest BCUT2D eigenvalue weighted by molar-refractivity contribution is -0.115. The second kappa shape index (κ2) is 10.5. The van der Waals surface area contributed by atoms with E-state index in [1.165, 1.54) is 31.7 Å². The molecule has 1 aromatic heterocycles. The Bertz CT molecular complexity index is 1360. The fourth-order valence-electron chi connectivity index (χ4n) is 6.80. The van der Waals surface area contributed by atoms with E-state index in [1.54, 1.807) is 19.2 Å². The van der Waals surface area contributed by atoms with Crippen LogP contribution in [0.15, 0.2) is 78.3 Å². The number of carbonyl (C=O) groups excluding carboxylic acids is 1. The van der Waals surface area contributed by atoms with Crippen LogP contribution in [-0.2, 0) is 4.79 Å². The minimum Gasteiger partial charge on any atom is -0.344 e. The van der Waals surface area contributed by atoms with E-state index in [-0.39, 0.29) is 11.6 Å². The van der Waals surface area contributed by atoms with Gasteiger partial charge in [-0.1, -0.05) is 18.2 Å². The largest absolute Gasteiger partial charge is 0.344 e. The smallest absolute Gasteiger partial charge is 0.164 e. The minimum atomic E-state index is -0.218. The maximum Gasteiger partial charge on any atom is 0.164 e. The number of nitrogens with zero attached hydrogens (tertiary/aromatic N) is 3. The lowest BCUT2D eigenvalue weighted by atomic mass is 9.86. The van der Waals surface area contributed by atoms with Gasteiger partial charge >= 0.3 is 0 Å². The molecule has 4 aliphatic rings. The Hall–Kier alpha value is -3.31. The Labute approximate surface area is 225 Å². The molecule has 5 heteroatoms. The highest BCUT2D eigenvalue weighted by atomic mass is 19.1. The summed E-state index contributed by atoms with van der Waals surface area (Å²) in [6.07, 6.45) is 20.1. The number of hydrogen-bond donors (Lipinski definition) is 0. The number of ketones is 1. The third-order valence-electron chi connectivity index (χ3n) is 8.96. The number of carbonyl (C=O) groups is 1. The molecule has 2 aromatic rings. The first kappa shape index (κ1) is 25.0. The van der Waals surface area contributed by atoms with Crippen LogP contribution in [-0.4, -0.2) is 46.2 Å². The number of piperidine rings is 1. The SMILES string of the molecule is Cc1cc(-c2ncccc2C2=CC3=C(C(=O)CCCC4CC5CCC(C4)N5C)C=CCN3C=C2)ccc1F. The summed E-state index contributed by atoms with van der Waals surface area (Å²) in [5.74, 6) is 0.767. The average molecular weight is 510 g/mol. The lowest BCUT2D eigenvalue weighted by Crippen LogP contribution is -2.39. The number of rotatable bonds is 7. The summed E-state index contributed by atoms with van der Waals surface area (Å²) < 4.78 is 13.9. The number of aryl methyl sites for hydroxylation is 1. The summed E-state index contributed by atoms with van der Waals surface area (Å²) in [5, 5.41) is 0. The van der Waals surface area contributed by atoms with Crippen LogP contribution in [0.1, 0.15) is 56.1 Å². The quantitative estimate of drug-likeness (QED) is 0.409. The van der Waals surface area contributed by atoms with E-state index in [9.17, 15) is 9.18 Å². The Morgan fingerprint density at radius 2 is 1.95 bits per heavy atom. The zero-order valence-corrected chi connectivity index (χ0v) is 22.4. The van der Waals surface area contributed by atoms with Crippen LogP contribution in [0.2, 0.25) is 0 Å². The van der Waals surface area contributed by atoms with E-state index >= 15 is 0 Å². The second-order valence-corrected chi connectivity index (χ2v) is 11.3. The van der Waals surface area contributed by atoms with E-state index in [2.05, 4.69) is 46.3 Å². The van der Waals surface area contributed by atoms with Crippen molar-refractivity contribution in [2.24, 2.45) is 5.92 Å². The van der Waals surface area contributed by atoms with E-state index in [1.807, 2.05) is 24.3 Å². The molecule has 1 aromatic carbocycles. The van der Waals surface area contributed by atoms with E-state index in [0.29, 0.717) is 12.0 Å². The molecule has 4 aliphatic heterocycles. The summed E-state index contributed by atoms with van der Waals surface area (Å²) in [6.45, 7) is 2.52. The number of pyridine rings is 1. The molecule has 2 fully saturated rings. The molecule has 0 amide bonds. The average Bonchev–Trinajstić information content (AvgIpc) is 3.13. The molecule has 2 bridgehead atoms. The Balaban J connectivity index is 1.21. The van der Waals surface area contributed by atoms with Crippen molar-refractivity contribution in [2.75, 3.05) is 13.6 Å². The fraction of sp³-hybridized carbons (Fsp3) is 0.394. The van der Waals surface area contributed by atoms with Gasteiger partial charge in [-0.05, 0) is 106 Å². The zero-order chi connectivity index (χ0) is 26.2. The van der Waals surface area contributed by atoms with Crippen molar-refractivity contribution in [1.29, 1.82) is 0 Å². The van der Waals surface area contributed by atoms with E-state index in [0.717, 1.165) is 71.1 Å². The van der Waals surface area contributed by atoms with Crippen LogP contribution in [0, 0.1) is 18.7 Å². The first-order valence-electron chi connectivity index (χ1n) is 14.0. The van der Waals surface area contributed by atoms with Gasteiger partial charge in [0.25, 0.3) is 0 Å². The molecule has 2 unspecified atom stereocenters. The van der Waals surface area contributed by atoms with E-state index < -0.39 is 0 Å². The van der Waals surface area contributed by atoms with Crippen molar-refractivity contribution >= 4 is 11.4 Å². The number of allylic oxidation sites excluding steroid dienone is 5. The molecule has 0 radical (unpaired) electrons. The predicted octanol–water partition coefficient (Wildman–Crippen LogP) is 6.84. The van der Waals surface area contributed by atoms with Crippen LogP contribution in [0.3, 0.4) is 0 Å². The monoisotopic (exact) mass is 509 g/mol. The summed E-state index contributed by atoms with van der Waals surface area (Å²) >= 11 is 0. The normalized spacial score (nSPS) is 24.6. The molecule has 0 saturated carbocycles. The van der Waals surface area contributed by atoms with Crippen molar-refractivity contribution in [3.8, 4) is 11.3 Å². The van der Waals surface area contributed by atoms with Crippen molar-refractivity contribution in [3.63, 3.8) is 0 Å². The van der Waals surface area contributed by atoms with Gasteiger partial charge in [-0.15, -0.1) is 0 Å². The summed E-state index contributed by atoms with van der Waals surface area (Å²) in [4.78, 5) is 22.8. The molecule has 0 N–H and O–H groups in total. The number of benzene rings is 1. The first-order valence-corrected chi connectivity index (χ1v) is 14.0. The van der Waals surface area contributed by atoms with Gasteiger partial charge in [0.05, 0.1) is 11.4 Å². The van der Waals surface area contributed by atoms with Gasteiger partial charge in [-0.3, -0.25) is 9.78 Å². The van der Waals surface area contributed by atoms with Gasteiger partial charge in [0.1, 0.15) is 5.82 Å². The van der Waals surface area contributed by atoms with E-state index in [4.69, 9.17) is 0 Å². The number of Topliss-reactive ketones (excluding diaryl/α,β-unsaturated/α-hetero) is 1. The molecule has 196 valence electrons. The van der Waals surface area contributed by atoms with Gasteiger partial charge in [-0.2, -0.15) is 0 Å². The second-order valence-electron chi connectivity index (χ2n) is 11.3. The van der Waals surface area contributed by atoms with Gasteiger partial charge in [0, 0.05) is 54.1 Å². The highest BCUT2D eigenvalue weighted by molar-refractivity contribution is 6.00. The lowest BCUT2D eigenvalue weighted by Gasteiger charge is -2.36. The fourth-order valence-corrected chi connectivity index (χ4v) is 6.80. The number of hydrogen-bond acceptors (Lipinski definition) is 4. The van der Waals surface area contributed by atoms with Crippen LogP contribution in [0.4, 0.5) is 4.39 Å². The topological polar surface area (TPSA) is 36.4 Å². The third-order valence-corrected chi connectivity index (χ3v) is 8.96. The molecule has 38 heavy (non-hydrogen) atoms. The molecular formula is C33H36FN3O. The van der Waals surface area contributed by atoms with Gasteiger partial charge in [0.2, 0.25) is 0 Å². The molecule has 0 aliphatic carbocycles.